The van der Waals surface area contributed by atoms with Gasteiger partial charge in [-0.1, -0.05) is 72.3 Å². The summed E-state index contributed by atoms with van der Waals surface area (Å²) in [4.78, 5) is 15.3. The molecule has 0 aromatic heterocycles. The van der Waals surface area contributed by atoms with Crippen molar-refractivity contribution in [2.24, 2.45) is 0 Å². The number of amides is 1. The number of ether oxygens (including phenoxy) is 2. The number of aliphatic hydroxyl groups is 2. The third-order valence-corrected chi connectivity index (χ3v) is 7.98. The number of rotatable bonds is 10. The van der Waals surface area contributed by atoms with E-state index >= 15 is 0 Å². The molecule has 1 heterocycles. The maximum absolute atomic E-state index is 13.8. The van der Waals surface area contributed by atoms with Crippen molar-refractivity contribution in [1.82, 2.24) is 4.90 Å². The van der Waals surface area contributed by atoms with Crippen LogP contribution in [0.25, 0.3) is 0 Å². The number of aliphatic hydroxyl groups excluding tert-OH is 1. The minimum Gasteiger partial charge on any atom is -0.445 e. The summed E-state index contributed by atoms with van der Waals surface area (Å²) in [6.45, 7) is 3.13. The Morgan fingerprint density at radius 3 is 2.33 bits per heavy atom. The first-order chi connectivity index (χ1) is 20.0. The van der Waals surface area contributed by atoms with Crippen molar-refractivity contribution in [3.63, 3.8) is 0 Å². The Morgan fingerprint density at radius 1 is 1.02 bits per heavy atom. The second kappa shape index (κ2) is 13.3. The molecule has 0 bridgehead atoms. The first kappa shape index (κ1) is 31.5. The fourth-order valence-electron chi connectivity index (χ4n) is 5.60. The molecule has 226 valence electrons. The molecular formula is C33H38F3NO5. The third kappa shape index (κ3) is 7.51. The summed E-state index contributed by atoms with van der Waals surface area (Å²) in [5.74, 6) is 0. The van der Waals surface area contributed by atoms with E-state index in [1.165, 1.54) is 4.90 Å². The molecule has 1 aliphatic heterocycles. The highest BCUT2D eigenvalue weighted by Crippen LogP contribution is 2.44. The Labute approximate surface area is 244 Å². The number of hydrogen-bond donors (Lipinski definition) is 2. The summed E-state index contributed by atoms with van der Waals surface area (Å²) in [6.07, 6.45) is -4.56. The molecule has 1 saturated heterocycles. The van der Waals surface area contributed by atoms with Crippen LogP contribution >= 0.6 is 0 Å². The highest BCUT2D eigenvalue weighted by molar-refractivity contribution is 5.70. The van der Waals surface area contributed by atoms with Gasteiger partial charge in [-0.3, -0.25) is 4.90 Å². The summed E-state index contributed by atoms with van der Waals surface area (Å²) in [5.41, 5.74) is -0.665. The lowest BCUT2D eigenvalue weighted by Crippen LogP contribution is -2.62. The van der Waals surface area contributed by atoms with E-state index in [-0.39, 0.29) is 32.8 Å². The Kier molecular flexibility index (Phi) is 9.97. The van der Waals surface area contributed by atoms with Crippen LogP contribution in [-0.2, 0) is 27.8 Å². The number of alkyl halides is 3. The van der Waals surface area contributed by atoms with Crippen molar-refractivity contribution >= 4 is 6.09 Å². The number of benzene rings is 3. The molecule has 1 fully saturated rings. The van der Waals surface area contributed by atoms with Gasteiger partial charge >= 0.3 is 12.3 Å². The number of carbonyl (C=O) groups excluding carboxylic acids is 1. The molecule has 0 spiro atoms. The Bertz CT molecular complexity index is 1320. The smallest absolute Gasteiger partial charge is 0.416 e. The third-order valence-electron chi connectivity index (χ3n) is 7.98. The fourth-order valence-corrected chi connectivity index (χ4v) is 5.60. The largest absolute Gasteiger partial charge is 0.445 e. The number of likely N-dealkylation sites (tertiary alicyclic amines) is 1. The molecule has 1 unspecified atom stereocenters. The Balaban J connectivity index is 1.67. The topological polar surface area (TPSA) is 79.2 Å². The average molecular weight is 586 g/mol. The van der Waals surface area contributed by atoms with E-state index in [0.29, 0.717) is 30.4 Å². The number of piperidine rings is 1. The SMILES string of the molecule is Cc1cc([C@@H](C)OC[C@@]2(c3ccccc3)CCC(O)(CCCO)CN2C(=O)OCc2ccccc2)cc(C(F)(F)F)c1. The lowest BCUT2D eigenvalue weighted by atomic mass is 9.75. The highest BCUT2D eigenvalue weighted by atomic mass is 19.4. The van der Waals surface area contributed by atoms with Gasteiger partial charge in [0.25, 0.3) is 0 Å². The van der Waals surface area contributed by atoms with Crippen LogP contribution in [0.15, 0.2) is 78.9 Å². The van der Waals surface area contributed by atoms with E-state index in [2.05, 4.69) is 0 Å². The van der Waals surface area contributed by atoms with E-state index in [1.54, 1.807) is 19.9 Å². The number of halogens is 3. The van der Waals surface area contributed by atoms with Crippen LogP contribution in [0.3, 0.4) is 0 Å². The minimum absolute atomic E-state index is 0.0247. The van der Waals surface area contributed by atoms with Gasteiger partial charge in [0.05, 0.1) is 36.0 Å². The lowest BCUT2D eigenvalue weighted by molar-refractivity contribution is -0.137. The zero-order chi connectivity index (χ0) is 30.4. The van der Waals surface area contributed by atoms with Gasteiger partial charge < -0.3 is 19.7 Å². The quantitative estimate of drug-likeness (QED) is 0.270. The molecule has 3 aromatic rings. The van der Waals surface area contributed by atoms with E-state index in [1.807, 2.05) is 60.7 Å². The van der Waals surface area contributed by atoms with Crippen LogP contribution in [0.4, 0.5) is 18.0 Å². The molecular weight excluding hydrogens is 547 g/mol. The maximum Gasteiger partial charge on any atom is 0.416 e. The molecule has 0 radical (unpaired) electrons. The second-order valence-electron chi connectivity index (χ2n) is 11.2. The monoisotopic (exact) mass is 585 g/mol. The number of nitrogens with zero attached hydrogens (tertiary/aromatic N) is 1. The van der Waals surface area contributed by atoms with Crippen molar-refractivity contribution in [2.75, 3.05) is 19.8 Å². The van der Waals surface area contributed by atoms with Gasteiger partial charge in [0.2, 0.25) is 0 Å². The lowest BCUT2D eigenvalue weighted by Gasteiger charge is -2.52. The molecule has 4 rings (SSSR count). The summed E-state index contributed by atoms with van der Waals surface area (Å²) < 4.78 is 52.6. The van der Waals surface area contributed by atoms with Crippen LogP contribution in [0.1, 0.15) is 66.5 Å². The van der Waals surface area contributed by atoms with E-state index in [0.717, 1.165) is 23.3 Å². The Hall–Kier alpha value is -3.40. The first-order valence-corrected chi connectivity index (χ1v) is 14.1. The van der Waals surface area contributed by atoms with Crippen molar-refractivity contribution in [3.05, 3.63) is 107 Å². The maximum atomic E-state index is 13.8. The van der Waals surface area contributed by atoms with Crippen LogP contribution < -0.4 is 0 Å². The highest BCUT2D eigenvalue weighted by Gasteiger charge is 2.51. The number of β-amino-alcohol motifs (C(OH)–C–C–N with tert-alkyl or cyclic N) is 1. The zero-order valence-electron chi connectivity index (χ0n) is 23.9. The van der Waals surface area contributed by atoms with Crippen molar-refractivity contribution in [1.29, 1.82) is 0 Å². The van der Waals surface area contributed by atoms with Crippen LogP contribution in [0.5, 0.6) is 0 Å². The molecule has 6 nitrogen and oxygen atoms in total. The summed E-state index contributed by atoms with van der Waals surface area (Å²) in [6, 6.07) is 22.4. The van der Waals surface area contributed by atoms with Gasteiger partial charge in [0, 0.05) is 6.61 Å². The van der Waals surface area contributed by atoms with Crippen molar-refractivity contribution in [3.8, 4) is 0 Å². The van der Waals surface area contributed by atoms with E-state index < -0.39 is 35.1 Å². The van der Waals surface area contributed by atoms with Gasteiger partial charge in [-0.2, -0.15) is 13.2 Å². The van der Waals surface area contributed by atoms with E-state index in [9.17, 15) is 28.2 Å². The van der Waals surface area contributed by atoms with Crippen molar-refractivity contribution in [2.45, 2.75) is 69.6 Å². The fraction of sp³-hybridized carbons (Fsp3) is 0.424. The van der Waals surface area contributed by atoms with Crippen LogP contribution in [0.2, 0.25) is 0 Å². The molecule has 3 aromatic carbocycles. The predicted octanol–water partition coefficient (Wildman–Crippen LogP) is 6.92. The first-order valence-electron chi connectivity index (χ1n) is 14.1. The average Bonchev–Trinajstić information content (AvgIpc) is 2.98. The summed E-state index contributed by atoms with van der Waals surface area (Å²) in [5, 5.41) is 20.9. The number of aryl methyl sites for hydroxylation is 1. The molecule has 9 heteroatoms. The summed E-state index contributed by atoms with van der Waals surface area (Å²) in [7, 11) is 0. The zero-order valence-corrected chi connectivity index (χ0v) is 23.9. The van der Waals surface area contributed by atoms with Crippen molar-refractivity contribution < 1.29 is 37.7 Å². The number of carbonyl (C=O) groups is 1. The molecule has 3 atom stereocenters. The van der Waals surface area contributed by atoms with E-state index in [4.69, 9.17) is 9.47 Å². The second-order valence-corrected chi connectivity index (χ2v) is 11.2. The van der Waals surface area contributed by atoms with Gasteiger partial charge in [0.1, 0.15) is 6.61 Å². The molecule has 0 saturated carbocycles. The standard InChI is InChI=1S/C33H38F3NO5/c1-24-18-27(20-29(19-24)33(34,35)36)25(2)42-23-32(28-12-7-4-8-13-28)16-15-31(40,14-9-17-38)22-37(32)30(39)41-21-26-10-5-3-6-11-26/h3-8,10-13,18-20,25,38,40H,9,14-17,21-23H2,1-2H3/t25-,31?,32-/m1/s1. The molecule has 1 amide bonds. The minimum atomic E-state index is -4.49. The predicted molar refractivity (Wildman–Crippen MR) is 153 cm³/mol. The van der Waals surface area contributed by atoms with Crippen LogP contribution in [-0.4, -0.2) is 46.6 Å². The van der Waals surface area contributed by atoms with Gasteiger partial charge in [-0.05, 0) is 68.4 Å². The van der Waals surface area contributed by atoms with Gasteiger partial charge in [-0.25, -0.2) is 4.79 Å². The van der Waals surface area contributed by atoms with Crippen LogP contribution in [0, 0.1) is 6.92 Å². The van der Waals surface area contributed by atoms with Gasteiger partial charge in [-0.15, -0.1) is 0 Å². The molecule has 1 aliphatic rings. The molecule has 0 aliphatic carbocycles. The normalized spacial score (nSPS) is 21.6. The molecule has 42 heavy (non-hydrogen) atoms. The number of hydrogen-bond acceptors (Lipinski definition) is 5. The summed E-state index contributed by atoms with van der Waals surface area (Å²) >= 11 is 0. The molecule has 2 N–H and O–H groups in total. The van der Waals surface area contributed by atoms with Gasteiger partial charge in [0.15, 0.2) is 0 Å². The Morgan fingerprint density at radius 2 is 1.69 bits per heavy atom.